The molecule has 0 spiro atoms. The van der Waals surface area contributed by atoms with E-state index in [2.05, 4.69) is 15.0 Å². The molecule has 0 aliphatic carbocycles. The predicted octanol–water partition coefficient (Wildman–Crippen LogP) is 1.59. The maximum Gasteiger partial charge on any atom is 0.280 e. The summed E-state index contributed by atoms with van der Waals surface area (Å²) in [5.74, 6) is -0.378. The van der Waals surface area contributed by atoms with Crippen molar-refractivity contribution >= 4 is 27.3 Å². The van der Waals surface area contributed by atoms with E-state index < -0.39 is 14.9 Å². The number of carbonyl (C=O) groups excluding carboxylic acids is 1. The SMILES string of the molecule is CNS(=O)(=O)c1ccc2c(c1)CCN2C(=O)c1nnn(-c2cccc([N+](=O)[O-])c2)c1C. The van der Waals surface area contributed by atoms with Crippen molar-refractivity contribution in [3.05, 3.63) is 69.5 Å². The molecule has 1 N–H and O–H groups in total. The maximum atomic E-state index is 13.2. The van der Waals surface area contributed by atoms with Crippen LogP contribution in [-0.2, 0) is 16.4 Å². The summed E-state index contributed by atoms with van der Waals surface area (Å²) in [6.45, 7) is 2.03. The molecular formula is C19H18N6O5S. The van der Waals surface area contributed by atoms with Gasteiger partial charge in [0.2, 0.25) is 10.0 Å². The topological polar surface area (TPSA) is 140 Å². The number of carbonyl (C=O) groups is 1. The molecule has 3 aromatic rings. The molecule has 1 aliphatic rings. The van der Waals surface area contributed by atoms with E-state index in [1.54, 1.807) is 25.1 Å². The van der Waals surface area contributed by atoms with Crippen molar-refractivity contribution in [1.29, 1.82) is 0 Å². The minimum atomic E-state index is -3.58. The molecule has 4 rings (SSSR count). The fourth-order valence-electron chi connectivity index (χ4n) is 3.51. The Morgan fingerprint density at radius 2 is 2.00 bits per heavy atom. The van der Waals surface area contributed by atoms with E-state index in [0.717, 1.165) is 5.56 Å². The van der Waals surface area contributed by atoms with Crippen LogP contribution < -0.4 is 9.62 Å². The minimum Gasteiger partial charge on any atom is -0.306 e. The van der Waals surface area contributed by atoms with Crippen LogP contribution in [0.4, 0.5) is 11.4 Å². The number of fused-ring (bicyclic) bond motifs is 1. The number of amides is 1. The number of non-ortho nitro benzene ring substituents is 1. The number of hydrogen-bond acceptors (Lipinski definition) is 7. The third kappa shape index (κ3) is 3.55. The van der Waals surface area contributed by atoms with Crippen molar-refractivity contribution in [2.45, 2.75) is 18.2 Å². The van der Waals surface area contributed by atoms with Crippen LogP contribution in [0.2, 0.25) is 0 Å². The molecule has 1 aromatic heterocycles. The highest BCUT2D eigenvalue weighted by molar-refractivity contribution is 7.89. The number of aromatic nitrogens is 3. The maximum absolute atomic E-state index is 13.2. The van der Waals surface area contributed by atoms with Gasteiger partial charge in [0.15, 0.2) is 5.69 Å². The van der Waals surface area contributed by atoms with E-state index in [4.69, 9.17) is 0 Å². The fourth-order valence-corrected chi connectivity index (χ4v) is 4.29. The smallest absolute Gasteiger partial charge is 0.280 e. The molecule has 11 nitrogen and oxygen atoms in total. The highest BCUT2D eigenvalue weighted by Crippen LogP contribution is 2.31. The highest BCUT2D eigenvalue weighted by Gasteiger charge is 2.30. The van der Waals surface area contributed by atoms with Gasteiger partial charge in [-0.2, -0.15) is 0 Å². The van der Waals surface area contributed by atoms with E-state index >= 15 is 0 Å². The van der Waals surface area contributed by atoms with Crippen molar-refractivity contribution in [3.8, 4) is 5.69 Å². The lowest BCUT2D eigenvalue weighted by Crippen LogP contribution is -2.30. The minimum absolute atomic E-state index is 0.0962. The quantitative estimate of drug-likeness (QED) is 0.467. The van der Waals surface area contributed by atoms with Gasteiger partial charge in [-0.25, -0.2) is 17.8 Å². The molecule has 1 amide bonds. The van der Waals surface area contributed by atoms with Crippen LogP contribution in [-0.4, -0.2) is 47.8 Å². The lowest BCUT2D eigenvalue weighted by atomic mass is 10.2. The highest BCUT2D eigenvalue weighted by atomic mass is 32.2. The zero-order valence-corrected chi connectivity index (χ0v) is 17.5. The first kappa shape index (κ1) is 20.6. The van der Waals surface area contributed by atoms with Gasteiger partial charge in [0.25, 0.3) is 11.6 Å². The summed E-state index contributed by atoms with van der Waals surface area (Å²) < 4.78 is 27.7. The molecule has 0 saturated carbocycles. The third-order valence-corrected chi connectivity index (χ3v) is 6.56. The molecule has 2 aromatic carbocycles. The molecular weight excluding hydrogens is 424 g/mol. The first-order valence-corrected chi connectivity index (χ1v) is 10.8. The third-order valence-electron chi connectivity index (χ3n) is 5.15. The van der Waals surface area contributed by atoms with Crippen LogP contribution in [0.1, 0.15) is 21.7 Å². The number of benzene rings is 2. The molecule has 0 radical (unpaired) electrons. The van der Waals surface area contributed by atoms with Gasteiger partial charge in [-0.15, -0.1) is 5.10 Å². The largest absolute Gasteiger partial charge is 0.306 e. The number of hydrogen-bond donors (Lipinski definition) is 1. The Kier molecular flexibility index (Phi) is 5.03. The lowest BCUT2D eigenvalue weighted by Gasteiger charge is -2.16. The summed E-state index contributed by atoms with van der Waals surface area (Å²) in [5, 5.41) is 19.0. The van der Waals surface area contributed by atoms with Gasteiger partial charge in [-0.3, -0.25) is 14.9 Å². The van der Waals surface area contributed by atoms with Gasteiger partial charge in [0, 0.05) is 24.4 Å². The van der Waals surface area contributed by atoms with Crippen LogP contribution in [0.5, 0.6) is 0 Å². The number of nitro groups is 1. The van der Waals surface area contributed by atoms with Gasteiger partial charge in [-0.05, 0) is 50.2 Å². The van der Waals surface area contributed by atoms with Gasteiger partial charge in [0.1, 0.15) is 0 Å². The van der Waals surface area contributed by atoms with Crippen molar-refractivity contribution in [3.63, 3.8) is 0 Å². The monoisotopic (exact) mass is 442 g/mol. The molecule has 0 bridgehead atoms. The summed E-state index contributed by atoms with van der Waals surface area (Å²) in [7, 11) is -2.24. The molecule has 0 unspecified atom stereocenters. The summed E-state index contributed by atoms with van der Waals surface area (Å²) in [6, 6.07) is 10.5. The van der Waals surface area contributed by atoms with E-state index in [1.165, 1.54) is 40.9 Å². The zero-order chi connectivity index (χ0) is 22.3. The number of sulfonamides is 1. The van der Waals surface area contributed by atoms with Crippen LogP contribution in [0, 0.1) is 17.0 Å². The summed E-state index contributed by atoms with van der Waals surface area (Å²) in [4.78, 5) is 25.4. The van der Waals surface area contributed by atoms with Crippen LogP contribution in [0.25, 0.3) is 5.69 Å². The second-order valence-electron chi connectivity index (χ2n) is 6.92. The molecule has 160 valence electrons. The van der Waals surface area contributed by atoms with Crippen molar-refractivity contribution in [2.24, 2.45) is 0 Å². The Labute approximate surface area is 177 Å². The van der Waals surface area contributed by atoms with E-state index in [-0.39, 0.29) is 22.2 Å². The first-order valence-electron chi connectivity index (χ1n) is 9.28. The second kappa shape index (κ2) is 7.56. The zero-order valence-electron chi connectivity index (χ0n) is 16.6. The molecule has 31 heavy (non-hydrogen) atoms. The lowest BCUT2D eigenvalue weighted by molar-refractivity contribution is -0.384. The van der Waals surface area contributed by atoms with Crippen LogP contribution in [0.15, 0.2) is 47.4 Å². The number of nitrogens with zero attached hydrogens (tertiary/aromatic N) is 5. The Balaban J connectivity index is 1.66. The normalized spacial score (nSPS) is 13.3. The van der Waals surface area contributed by atoms with Crippen LogP contribution in [0.3, 0.4) is 0 Å². The average Bonchev–Trinajstić information content (AvgIpc) is 3.36. The Morgan fingerprint density at radius 3 is 2.71 bits per heavy atom. The van der Waals surface area contributed by atoms with Crippen molar-refractivity contribution < 1.29 is 18.1 Å². The summed E-state index contributed by atoms with van der Waals surface area (Å²) in [5.41, 5.74) is 2.24. The van der Waals surface area contributed by atoms with E-state index in [0.29, 0.717) is 30.0 Å². The Bertz CT molecular complexity index is 1320. The number of nitro benzene ring substituents is 1. The van der Waals surface area contributed by atoms with E-state index in [1.807, 2.05) is 0 Å². The first-order chi connectivity index (χ1) is 14.7. The van der Waals surface area contributed by atoms with Crippen molar-refractivity contribution in [2.75, 3.05) is 18.5 Å². The van der Waals surface area contributed by atoms with E-state index in [9.17, 15) is 23.3 Å². The molecule has 1 aliphatic heterocycles. The van der Waals surface area contributed by atoms with Gasteiger partial charge >= 0.3 is 0 Å². The van der Waals surface area contributed by atoms with Gasteiger partial charge in [-0.1, -0.05) is 11.3 Å². The molecule has 12 heteroatoms. The standard InChI is InChI=1S/C19H18N6O5S/c1-12-18(21-22-24(12)14-4-3-5-15(11-14)25(27)28)19(26)23-9-8-13-10-16(6-7-17(13)23)31(29,30)20-2/h3-7,10-11,20H,8-9H2,1-2H3. The second-order valence-corrected chi connectivity index (χ2v) is 8.80. The molecule has 0 saturated heterocycles. The van der Waals surface area contributed by atoms with Gasteiger partial charge in [0.05, 0.1) is 21.2 Å². The van der Waals surface area contributed by atoms with Gasteiger partial charge < -0.3 is 4.90 Å². The molecule has 2 heterocycles. The van der Waals surface area contributed by atoms with Crippen molar-refractivity contribution in [1.82, 2.24) is 19.7 Å². The number of anilines is 1. The fraction of sp³-hybridized carbons (Fsp3) is 0.211. The number of nitrogens with one attached hydrogen (secondary N) is 1. The Morgan fingerprint density at radius 1 is 1.23 bits per heavy atom. The molecule has 0 atom stereocenters. The summed E-state index contributed by atoms with van der Waals surface area (Å²) >= 11 is 0. The van der Waals surface area contributed by atoms with Crippen LogP contribution >= 0.6 is 0 Å². The predicted molar refractivity (Wildman–Crippen MR) is 111 cm³/mol. The average molecular weight is 442 g/mol. The number of rotatable bonds is 5. The summed E-state index contributed by atoms with van der Waals surface area (Å²) in [6.07, 6.45) is 0.506. The Hall–Kier alpha value is -3.64. The molecule has 0 fully saturated rings.